The fraction of sp³-hybridized carbons (Fsp3) is 0.167. The largest absolute Gasteiger partial charge is 0.493 e. The topological polar surface area (TPSA) is 60.7 Å². The van der Waals surface area contributed by atoms with Crippen molar-refractivity contribution in [3.8, 4) is 29.1 Å². The van der Waals surface area contributed by atoms with Crippen LogP contribution in [0.2, 0.25) is 0 Å². The Morgan fingerprint density at radius 2 is 1.70 bits per heavy atom. The summed E-state index contributed by atoms with van der Waals surface area (Å²) in [7, 11) is 3.16. The van der Waals surface area contributed by atoms with Crippen LogP contribution in [0, 0.1) is 11.3 Å². The Labute approximate surface area is 134 Å². The van der Waals surface area contributed by atoms with Crippen molar-refractivity contribution < 1.29 is 18.9 Å². The number of nitrogens with zero attached hydrogens (tertiary/aromatic N) is 1. The van der Waals surface area contributed by atoms with Crippen molar-refractivity contribution in [1.29, 1.82) is 5.26 Å². The van der Waals surface area contributed by atoms with Crippen molar-refractivity contribution in [1.82, 2.24) is 0 Å². The van der Waals surface area contributed by atoms with E-state index in [0.29, 0.717) is 23.0 Å². The summed E-state index contributed by atoms with van der Waals surface area (Å²) >= 11 is 0. The molecule has 23 heavy (non-hydrogen) atoms. The maximum Gasteiger partial charge on any atom is 0.231 e. The highest BCUT2D eigenvalue weighted by Crippen LogP contribution is 2.37. The number of allylic oxidation sites excluding steroid dienone is 1. The average Bonchev–Trinajstić information content (AvgIpc) is 3.06. The van der Waals surface area contributed by atoms with Crippen molar-refractivity contribution in [2.75, 3.05) is 21.0 Å². The number of ether oxygens (including phenoxy) is 4. The predicted octanol–water partition coefficient (Wildman–Crippen LogP) is 3.39. The van der Waals surface area contributed by atoms with Gasteiger partial charge in [0.15, 0.2) is 23.0 Å². The van der Waals surface area contributed by atoms with Gasteiger partial charge in [0, 0.05) is 6.08 Å². The molecule has 0 bridgehead atoms. The number of fused-ring (bicyclic) bond motifs is 1. The van der Waals surface area contributed by atoms with Gasteiger partial charge in [0.1, 0.15) is 0 Å². The van der Waals surface area contributed by atoms with E-state index in [1.54, 1.807) is 14.2 Å². The van der Waals surface area contributed by atoms with E-state index in [2.05, 4.69) is 6.07 Å². The molecule has 0 unspecified atom stereocenters. The Morgan fingerprint density at radius 3 is 2.43 bits per heavy atom. The third kappa shape index (κ3) is 2.79. The van der Waals surface area contributed by atoms with E-state index in [0.717, 1.165) is 16.7 Å². The number of hydrogen-bond donors (Lipinski definition) is 0. The van der Waals surface area contributed by atoms with Crippen molar-refractivity contribution in [3.63, 3.8) is 0 Å². The molecule has 0 N–H and O–H groups in total. The molecule has 116 valence electrons. The van der Waals surface area contributed by atoms with Gasteiger partial charge in [0.2, 0.25) is 6.79 Å². The first kappa shape index (κ1) is 14.8. The Bertz CT molecular complexity index is 805. The summed E-state index contributed by atoms with van der Waals surface area (Å²) in [4.78, 5) is 0. The Balaban J connectivity index is 2.06. The molecule has 3 rings (SSSR count). The molecule has 1 aliphatic heterocycles. The third-order valence-corrected chi connectivity index (χ3v) is 3.59. The normalized spacial score (nSPS) is 12.7. The summed E-state index contributed by atoms with van der Waals surface area (Å²) in [6.07, 6.45) is 1.50. The second-order valence-electron chi connectivity index (χ2n) is 4.82. The van der Waals surface area contributed by atoms with E-state index in [9.17, 15) is 0 Å². The molecule has 0 radical (unpaired) electrons. The van der Waals surface area contributed by atoms with Crippen LogP contribution in [0.1, 0.15) is 11.1 Å². The van der Waals surface area contributed by atoms with Crippen LogP contribution < -0.4 is 18.9 Å². The van der Waals surface area contributed by atoms with Crippen molar-refractivity contribution >= 4 is 5.57 Å². The quantitative estimate of drug-likeness (QED) is 0.810. The van der Waals surface area contributed by atoms with E-state index in [1.807, 2.05) is 36.4 Å². The monoisotopic (exact) mass is 309 g/mol. The minimum absolute atomic E-state index is 0.215. The van der Waals surface area contributed by atoms with Gasteiger partial charge >= 0.3 is 0 Å². The first-order valence-corrected chi connectivity index (χ1v) is 6.99. The number of methoxy groups -OCH3 is 2. The van der Waals surface area contributed by atoms with Crippen LogP contribution in [0.5, 0.6) is 23.0 Å². The van der Waals surface area contributed by atoms with Crippen LogP contribution in [0.3, 0.4) is 0 Å². The molecule has 0 amide bonds. The average molecular weight is 309 g/mol. The highest BCUT2D eigenvalue weighted by molar-refractivity contribution is 5.83. The van der Waals surface area contributed by atoms with Crippen LogP contribution in [0.25, 0.3) is 5.57 Å². The minimum Gasteiger partial charge on any atom is -0.493 e. The highest BCUT2D eigenvalue weighted by Gasteiger charge is 2.16. The summed E-state index contributed by atoms with van der Waals surface area (Å²) in [6, 6.07) is 13.2. The van der Waals surface area contributed by atoms with Crippen LogP contribution in [-0.2, 0) is 0 Å². The molecule has 1 aliphatic rings. The van der Waals surface area contributed by atoms with Crippen molar-refractivity contribution in [2.45, 2.75) is 0 Å². The molecular weight excluding hydrogens is 294 g/mol. The van der Waals surface area contributed by atoms with E-state index < -0.39 is 0 Å². The summed E-state index contributed by atoms with van der Waals surface area (Å²) in [5, 5.41) is 9.14. The predicted molar refractivity (Wildman–Crippen MR) is 84.8 cm³/mol. The van der Waals surface area contributed by atoms with Crippen LogP contribution in [0.4, 0.5) is 0 Å². The van der Waals surface area contributed by atoms with Crippen molar-refractivity contribution in [3.05, 3.63) is 53.6 Å². The number of hydrogen-bond acceptors (Lipinski definition) is 5. The molecular formula is C18H15NO4. The van der Waals surface area contributed by atoms with Gasteiger partial charge in [0.05, 0.1) is 20.3 Å². The highest BCUT2D eigenvalue weighted by atomic mass is 16.7. The summed E-state index contributed by atoms with van der Waals surface area (Å²) in [6.45, 7) is 0.215. The molecule has 0 aliphatic carbocycles. The number of benzene rings is 2. The van der Waals surface area contributed by atoms with Crippen LogP contribution in [-0.4, -0.2) is 21.0 Å². The molecule has 2 aromatic carbocycles. The lowest BCUT2D eigenvalue weighted by molar-refractivity contribution is 0.174. The molecule has 0 aromatic heterocycles. The van der Waals surface area contributed by atoms with Gasteiger partial charge in [-0.25, -0.2) is 0 Å². The second kappa shape index (κ2) is 6.32. The van der Waals surface area contributed by atoms with Gasteiger partial charge in [0.25, 0.3) is 0 Å². The standard InChI is InChI=1S/C18H15NO4/c1-20-15-5-3-12(9-17(15)21-2)14(7-8-19)13-4-6-16-18(10-13)23-11-22-16/h3-7,9-10H,11H2,1-2H3/b14-7-. The molecule has 0 saturated heterocycles. The molecule has 0 spiro atoms. The van der Waals surface area contributed by atoms with Gasteiger partial charge in [-0.1, -0.05) is 12.1 Å². The van der Waals surface area contributed by atoms with E-state index >= 15 is 0 Å². The SMILES string of the molecule is COc1ccc(/C(=C/C#N)c2ccc3c(c2)OCO3)cc1OC. The molecule has 0 atom stereocenters. The second-order valence-corrected chi connectivity index (χ2v) is 4.82. The molecule has 5 nitrogen and oxygen atoms in total. The lowest BCUT2D eigenvalue weighted by atomic mass is 9.97. The van der Waals surface area contributed by atoms with Gasteiger partial charge < -0.3 is 18.9 Å². The molecule has 0 fully saturated rings. The summed E-state index contributed by atoms with van der Waals surface area (Å²) in [5.41, 5.74) is 2.48. The zero-order chi connectivity index (χ0) is 16.2. The van der Waals surface area contributed by atoms with Gasteiger partial charge in [-0.05, 0) is 41.0 Å². The van der Waals surface area contributed by atoms with E-state index in [1.165, 1.54) is 6.08 Å². The minimum atomic E-state index is 0.215. The smallest absolute Gasteiger partial charge is 0.231 e. The fourth-order valence-electron chi connectivity index (χ4n) is 2.47. The fourth-order valence-corrected chi connectivity index (χ4v) is 2.47. The third-order valence-electron chi connectivity index (χ3n) is 3.59. The maximum atomic E-state index is 9.14. The van der Waals surface area contributed by atoms with Crippen molar-refractivity contribution in [2.24, 2.45) is 0 Å². The maximum absolute atomic E-state index is 9.14. The summed E-state index contributed by atoms with van der Waals surface area (Å²) < 4.78 is 21.3. The van der Waals surface area contributed by atoms with Gasteiger partial charge in [-0.2, -0.15) is 5.26 Å². The Morgan fingerprint density at radius 1 is 1.00 bits per heavy atom. The molecule has 1 heterocycles. The Kier molecular flexibility index (Phi) is 4.07. The van der Waals surface area contributed by atoms with E-state index in [4.69, 9.17) is 24.2 Å². The molecule has 2 aromatic rings. The lowest BCUT2D eigenvalue weighted by Gasteiger charge is -2.12. The number of nitriles is 1. The lowest BCUT2D eigenvalue weighted by Crippen LogP contribution is -1.94. The number of rotatable bonds is 4. The first-order valence-electron chi connectivity index (χ1n) is 6.99. The van der Waals surface area contributed by atoms with Crippen LogP contribution in [0.15, 0.2) is 42.5 Å². The van der Waals surface area contributed by atoms with Gasteiger partial charge in [-0.15, -0.1) is 0 Å². The van der Waals surface area contributed by atoms with E-state index in [-0.39, 0.29) is 6.79 Å². The zero-order valence-electron chi connectivity index (χ0n) is 12.8. The van der Waals surface area contributed by atoms with Gasteiger partial charge in [-0.3, -0.25) is 0 Å². The Hall–Kier alpha value is -3.13. The first-order chi connectivity index (χ1) is 11.3. The zero-order valence-corrected chi connectivity index (χ0v) is 12.8. The summed E-state index contributed by atoms with van der Waals surface area (Å²) in [5.74, 6) is 2.62. The molecule has 0 saturated carbocycles. The van der Waals surface area contributed by atoms with Crippen LogP contribution >= 0.6 is 0 Å². The molecule has 5 heteroatoms.